The van der Waals surface area contributed by atoms with E-state index in [4.69, 9.17) is 0 Å². The van der Waals surface area contributed by atoms with Crippen LogP contribution in [-0.4, -0.2) is 23.9 Å². The zero-order valence-corrected chi connectivity index (χ0v) is 9.96. The summed E-state index contributed by atoms with van der Waals surface area (Å²) >= 11 is 3.48. The molecule has 2 nitrogen and oxygen atoms in total. The summed E-state index contributed by atoms with van der Waals surface area (Å²) in [5.74, 6) is 0.109. The third-order valence-electron chi connectivity index (χ3n) is 2.62. The van der Waals surface area contributed by atoms with Gasteiger partial charge in [0, 0.05) is 23.1 Å². The predicted molar refractivity (Wildman–Crippen MR) is 63.9 cm³/mol. The van der Waals surface area contributed by atoms with Gasteiger partial charge < -0.3 is 4.90 Å². The number of halogens is 1. The molecule has 1 heterocycles. The van der Waals surface area contributed by atoms with Gasteiger partial charge in [0.15, 0.2) is 0 Å². The van der Waals surface area contributed by atoms with Gasteiger partial charge in [-0.3, -0.25) is 4.79 Å². The van der Waals surface area contributed by atoms with Crippen molar-refractivity contribution in [3.8, 4) is 0 Å². The Labute approximate surface area is 97.7 Å². The SMILES string of the molecule is C=CCN1CCc2c(Br)cccc2C1=O. The summed E-state index contributed by atoms with van der Waals surface area (Å²) in [6.07, 6.45) is 2.68. The summed E-state index contributed by atoms with van der Waals surface area (Å²) in [7, 11) is 0. The van der Waals surface area contributed by atoms with Crippen LogP contribution >= 0.6 is 15.9 Å². The Morgan fingerprint density at radius 1 is 1.53 bits per heavy atom. The second-order valence-electron chi connectivity index (χ2n) is 3.56. The molecule has 0 radical (unpaired) electrons. The molecule has 0 atom stereocenters. The van der Waals surface area contributed by atoms with E-state index in [9.17, 15) is 4.79 Å². The van der Waals surface area contributed by atoms with Crippen LogP contribution in [0.3, 0.4) is 0 Å². The normalized spacial score (nSPS) is 15.0. The molecule has 0 saturated carbocycles. The number of benzene rings is 1. The van der Waals surface area contributed by atoms with E-state index in [1.807, 2.05) is 23.1 Å². The molecule has 78 valence electrons. The second-order valence-corrected chi connectivity index (χ2v) is 4.41. The average molecular weight is 266 g/mol. The molecule has 0 saturated heterocycles. The molecule has 3 heteroatoms. The lowest BCUT2D eigenvalue weighted by Crippen LogP contribution is -2.37. The van der Waals surface area contributed by atoms with Crippen molar-refractivity contribution in [3.05, 3.63) is 46.5 Å². The van der Waals surface area contributed by atoms with E-state index in [2.05, 4.69) is 22.5 Å². The lowest BCUT2D eigenvalue weighted by molar-refractivity contribution is 0.0758. The molecule has 0 aliphatic carbocycles. The zero-order valence-electron chi connectivity index (χ0n) is 8.37. The van der Waals surface area contributed by atoms with E-state index in [0.717, 1.165) is 28.6 Å². The Balaban J connectivity index is 2.38. The highest BCUT2D eigenvalue weighted by Crippen LogP contribution is 2.26. The van der Waals surface area contributed by atoms with Crippen molar-refractivity contribution >= 4 is 21.8 Å². The van der Waals surface area contributed by atoms with E-state index in [0.29, 0.717) is 6.54 Å². The highest BCUT2D eigenvalue weighted by atomic mass is 79.9. The molecular weight excluding hydrogens is 254 g/mol. The van der Waals surface area contributed by atoms with E-state index < -0.39 is 0 Å². The van der Waals surface area contributed by atoms with Crippen molar-refractivity contribution in [1.82, 2.24) is 4.90 Å². The molecule has 2 rings (SSSR count). The fraction of sp³-hybridized carbons (Fsp3) is 0.250. The van der Waals surface area contributed by atoms with Crippen LogP contribution in [0.1, 0.15) is 15.9 Å². The molecule has 0 spiro atoms. The minimum absolute atomic E-state index is 0.109. The standard InChI is InChI=1S/C12H12BrNO/c1-2-7-14-8-6-9-10(12(14)15)4-3-5-11(9)13/h2-5H,1,6-8H2. The van der Waals surface area contributed by atoms with Crippen LogP contribution in [0, 0.1) is 0 Å². The summed E-state index contributed by atoms with van der Waals surface area (Å²) in [6, 6.07) is 5.77. The minimum Gasteiger partial charge on any atom is -0.335 e. The van der Waals surface area contributed by atoms with Crippen molar-refractivity contribution in [2.24, 2.45) is 0 Å². The maximum Gasteiger partial charge on any atom is 0.254 e. The fourth-order valence-corrected chi connectivity index (χ4v) is 2.43. The zero-order chi connectivity index (χ0) is 10.8. The summed E-state index contributed by atoms with van der Waals surface area (Å²) < 4.78 is 1.03. The van der Waals surface area contributed by atoms with Gasteiger partial charge in [0.2, 0.25) is 0 Å². The topological polar surface area (TPSA) is 20.3 Å². The Hall–Kier alpha value is -1.09. The molecule has 0 bridgehead atoms. The average Bonchev–Trinajstić information content (AvgIpc) is 2.23. The van der Waals surface area contributed by atoms with Gasteiger partial charge in [0.25, 0.3) is 5.91 Å². The molecule has 1 aliphatic heterocycles. The van der Waals surface area contributed by atoms with Gasteiger partial charge >= 0.3 is 0 Å². The number of carbonyl (C=O) groups is 1. The van der Waals surface area contributed by atoms with E-state index >= 15 is 0 Å². The number of carbonyl (C=O) groups excluding carboxylic acids is 1. The van der Waals surface area contributed by atoms with Gasteiger partial charge in [-0.05, 0) is 24.1 Å². The monoisotopic (exact) mass is 265 g/mol. The largest absolute Gasteiger partial charge is 0.335 e. The van der Waals surface area contributed by atoms with Gasteiger partial charge in [-0.1, -0.05) is 28.1 Å². The molecule has 1 aromatic carbocycles. The van der Waals surface area contributed by atoms with Gasteiger partial charge in [-0.2, -0.15) is 0 Å². The lowest BCUT2D eigenvalue weighted by Gasteiger charge is -2.28. The maximum atomic E-state index is 12.0. The first kappa shape index (κ1) is 10.4. The number of nitrogens with zero attached hydrogens (tertiary/aromatic N) is 1. The van der Waals surface area contributed by atoms with Crippen molar-refractivity contribution < 1.29 is 4.79 Å². The van der Waals surface area contributed by atoms with Crippen LogP contribution in [-0.2, 0) is 6.42 Å². The van der Waals surface area contributed by atoms with Gasteiger partial charge in [0.05, 0.1) is 0 Å². The van der Waals surface area contributed by atoms with Crippen molar-refractivity contribution in [1.29, 1.82) is 0 Å². The first-order valence-electron chi connectivity index (χ1n) is 4.91. The quantitative estimate of drug-likeness (QED) is 0.753. The van der Waals surface area contributed by atoms with Crippen molar-refractivity contribution in [3.63, 3.8) is 0 Å². The molecule has 0 N–H and O–H groups in total. The first-order valence-corrected chi connectivity index (χ1v) is 5.71. The van der Waals surface area contributed by atoms with Crippen LogP contribution in [0.25, 0.3) is 0 Å². The molecule has 1 aliphatic rings. The van der Waals surface area contributed by atoms with Crippen molar-refractivity contribution in [2.45, 2.75) is 6.42 Å². The van der Waals surface area contributed by atoms with Crippen LogP contribution in [0.15, 0.2) is 35.3 Å². The fourth-order valence-electron chi connectivity index (χ4n) is 1.86. The summed E-state index contributed by atoms with van der Waals surface area (Å²) in [5.41, 5.74) is 1.94. The first-order chi connectivity index (χ1) is 7.24. The maximum absolute atomic E-state index is 12.0. The molecule has 0 unspecified atom stereocenters. The highest BCUT2D eigenvalue weighted by Gasteiger charge is 2.24. The number of amides is 1. The van der Waals surface area contributed by atoms with E-state index in [-0.39, 0.29) is 5.91 Å². The van der Waals surface area contributed by atoms with E-state index in [1.54, 1.807) is 6.08 Å². The Bertz CT molecular complexity index is 414. The summed E-state index contributed by atoms with van der Waals surface area (Å²) in [5, 5.41) is 0. The van der Waals surface area contributed by atoms with Crippen LogP contribution in [0.2, 0.25) is 0 Å². The summed E-state index contributed by atoms with van der Waals surface area (Å²) in [6.45, 7) is 5.07. The van der Waals surface area contributed by atoms with Gasteiger partial charge in [-0.25, -0.2) is 0 Å². The number of rotatable bonds is 2. The molecule has 1 amide bonds. The van der Waals surface area contributed by atoms with Crippen LogP contribution in [0.4, 0.5) is 0 Å². The Kier molecular flexibility index (Phi) is 2.91. The highest BCUT2D eigenvalue weighted by molar-refractivity contribution is 9.10. The molecule has 0 aromatic heterocycles. The Morgan fingerprint density at radius 3 is 3.07 bits per heavy atom. The third-order valence-corrected chi connectivity index (χ3v) is 3.36. The molecular formula is C12H12BrNO. The van der Waals surface area contributed by atoms with E-state index in [1.165, 1.54) is 0 Å². The van der Waals surface area contributed by atoms with Crippen molar-refractivity contribution in [2.75, 3.05) is 13.1 Å². The summed E-state index contributed by atoms with van der Waals surface area (Å²) in [4.78, 5) is 13.8. The van der Waals surface area contributed by atoms with Gasteiger partial charge in [-0.15, -0.1) is 6.58 Å². The Morgan fingerprint density at radius 2 is 2.33 bits per heavy atom. The number of hydrogen-bond acceptors (Lipinski definition) is 1. The molecule has 15 heavy (non-hydrogen) atoms. The van der Waals surface area contributed by atoms with Gasteiger partial charge in [0.1, 0.15) is 0 Å². The minimum atomic E-state index is 0.109. The predicted octanol–water partition coefficient (Wildman–Crippen LogP) is 2.63. The number of fused-ring (bicyclic) bond motifs is 1. The number of hydrogen-bond donors (Lipinski definition) is 0. The second kappa shape index (κ2) is 4.19. The third kappa shape index (κ3) is 1.84. The van der Waals surface area contributed by atoms with Crippen LogP contribution < -0.4 is 0 Å². The lowest BCUT2D eigenvalue weighted by atomic mass is 9.99. The van der Waals surface area contributed by atoms with Crippen LogP contribution in [0.5, 0.6) is 0 Å². The molecule has 0 fully saturated rings. The molecule has 1 aromatic rings. The smallest absolute Gasteiger partial charge is 0.254 e.